The number of fused-ring (bicyclic) bond motifs is 1. The zero-order valence-corrected chi connectivity index (χ0v) is 19.7. The van der Waals surface area contributed by atoms with Gasteiger partial charge in [-0.2, -0.15) is 5.26 Å². The van der Waals surface area contributed by atoms with E-state index in [0.717, 1.165) is 16.3 Å². The number of tetrazole rings is 1. The van der Waals surface area contributed by atoms with E-state index >= 15 is 0 Å². The fraction of sp³-hybridized carbons (Fsp3) is 0.269. The van der Waals surface area contributed by atoms with Gasteiger partial charge in [0.2, 0.25) is 5.91 Å². The fourth-order valence-corrected chi connectivity index (χ4v) is 3.70. The molecule has 4 rings (SSSR count). The molecule has 3 N–H and O–H groups in total. The molecular weight excluding hydrogens is 442 g/mol. The van der Waals surface area contributed by atoms with E-state index in [4.69, 9.17) is 10.5 Å². The van der Waals surface area contributed by atoms with Gasteiger partial charge in [-0.15, -0.1) is 5.10 Å². The van der Waals surface area contributed by atoms with Crippen LogP contribution in [-0.4, -0.2) is 38.3 Å². The molecule has 0 saturated heterocycles. The normalized spacial score (nSPS) is 12.2. The summed E-state index contributed by atoms with van der Waals surface area (Å²) in [6.07, 6.45) is 0.477. The second-order valence-corrected chi connectivity index (χ2v) is 8.85. The van der Waals surface area contributed by atoms with Crippen LogP contribution in [0.15, 0.2) is 66.7 Å². The molecule has 0 aliphatic carbocycles. The van der Waals surface area contributed by atoms with E-state index in [0.29, 0.717) is 30.1 Å². The largest absolute Gasteiger partial charge is 0.490 e. The molecule has 0 radical (unpaired) electrons. The molecule has 35 heavy (non-hydrogen) atoms. The number of nitrogens with two attached hydrogens (primary N) is 1. The van der Waals surface area contributed by atoms with Gasteiger partial charge in [-0.25, -0.2) is 4.68 Å². The van der Waals surface area contributed by atoms with Crippen LogP contribution < -0.4 is 15.8 Å². The maximum Gasteiger partial charge on any atom is 0.240 e. The predicted molar refractivity (Wildman–Crippen MR) is 131 cm³/mol. The molecule has 178 valence electrons. The molecule has 0 bridgehead atoms. The molecule has 3 aromatic carbocycles. The molecule has 0 aliphatic rings. The van der Waals surface area contributed by atoms with Gasteiger partial charge in [0.15, 0.2) is 5.82 Å². The van der Waals surface area contributed by atoms with Crippen molar-refractivity contribution in [3.05, 3.63) is 83.7 Å². The Labute approximate surface area is 203 Å². The molecule has 9 heteroatoms. The molecule has 1 heterocycles. The highest BCUT2D eigenvalue weighted by Gasteiger charge is 2.28. The SMILES string of the molecule is CC(C)(N)C(=O)N[C@H](Cc1ccc2ccccc2c1)c1nnnn1CCOc1ccccc1C#N. The smallest absolute Gasteiger partial charge is 0.240 e. The molecular formula is C26H27N7O2. The highest BCUT2D eigenvalue weighted by molar-refractivity contribution is 5.85. The number of nitrogens with one attached hydrogen (secondary N) is 1. The van der Waals surface area contributed by atoms with E-state index < -0.39 is 11.6 Å². The molecule has 0 aliphatic heterocycles. The average molecular weight is 470 g/mol. The summed E-state index contributed by atoms with van der Waals surface area (Å²) in [5, 5.41) is 26.7. The summed E-state index contributed by atoms with van der Waals surface area (Å²) in [6.45, 7) is 3.88. The van der Waals surface area contributed by atoms with E-state index in [9.17, 15) is 10.1 Å². The Balaban J connectivity index is 1.55. The summed E-state index contributed by atoms with van der Waals surface area (Å²) >= 11 is 0. The van der Waals surface area contributed by atoms with Crippen molar-refractivity contribution in [3.8, 4) is 11.8 Å². The van der Waals surface area contributed by atoms with Crippen molar-refractivity contribution in [2.75, 3.05) is 6.61 Å². The minimum atomic E-state index is -1.07. The number of ether oxygens (including phenoxy) is 1. The maximum atomic E-state index is 12.8. The van der Waals surface area contributed by atoms with Crippen molar-refractivity contribution in [1.29, 1.82) is 5.26 Å². The highest BCUT2D eigenvalue weighted by Crippen LogP contribution is 2.22. The number of aromatic nitrogens is 4. The molecule has 0 saturated carbocycles. The van der Waals surface area contributed by atoms with Gasteiger partial charge < -0.3 is 15.8 Å². The number of para-hydroxylation sites is 1. The number of benzene rings is 3. The lowest BCUT2D eigenvalue weighted by molar-refractivity contribution is -0.126. The van der Waals surface area contributed by atoms with Crippen molar-refractivity contribution in [1.82, 2.24) is 25.5 Å². The number of carbonyl (C=O) groups excluding carboxylic acids is 1. The predicted octanol–water partition coefficient (Wildman–Crippen LogP) is 2.91. The molecule has 1 aromatic heterocycles. The van der Waals surface area contributed by atoms with Crippen molar-refractivity contribution < 1.29 is 9.53 Å². The number of carbonyl (C=O) groups is 1. The fourth-order valence-electron chi connectivity index (χ4n) is 3.70. The lowest BCUT2D eigenvalue weighted by Gasteiger charge is -2.24. The Morgan fingerprint density at radius 1 is 1.14 bits per heavy atom. The van der Waals surface area contributed by atoms with E-state index in [1.807, 2.05) is 24.3 Å². The van der Waals surface area contributed by atoms with Crippen LogP contribution in [0.4, 0.5) is 0 Å². The third-order valence-electron chi connectivity index (χ3n) is 5.58. The minimum Gasteiger partial charge on any atom is -0.490 e. The summed E-state index contributed by atoms with van der Waals surface area (Å²) in [6, 6.07) is 22.9. The molecule has 0 unspecified atom stereocenters. The van der Waals surface area contributed by atoms with Gasteiger partial charge >= 0.3 is 0 Å². The summed E-state index contributed by atoms with van der Waals surface area (Å²) < 4.78 is 7.39. The summed E-state index contributed by atoms with van der Waals surface area (Å²) in [4.78, 5) is 12.8. The maximum absolute atomic E-state index is 12.8. The van der Waals surface area contributed by atoms with Crippen molar-refractivity contribution in [3.63, 3.8) is 0 Å². The van der Waals surface area contributed by atoms with E-state index in [-0.39, 0.29) is 12.5 Å². The van der Waals surface area contributed by atoms with Gasteiger partial charge in [0, 0.05) is 6.42 Å². The number of amides is 1. The Hall–Kier alpha value is -4.29. The quantitative estimate of drug-likeness (QED) is 0.385. The number of hydrogen-bond acceptors (Lipinski definition) is 7. The van der Waals surface area contributed by atoms with Gasteiger partial charge in [-0.05, 0) is 52.7 Å². The second kappa shape index (κ2) is 10.3. The topological polar surface area (TPSA) is 132 Å². The lowest BCUT2D eigenvalue weighted by atomic mass is 9.99. The van der Waals surface area contributed by atoms with Crippen LogP contribution in [0.3, 0.4) is 0 Å². The number of rotatable bonds is 9. The first-order chi connectivity index (χ1) is 16.8. The lowest BCUT2D eigenvalue weighted by Crippen LogP contribution is -2.50. The first kappa shape index (κ1) is 23.9. The minimum absolute atomic E-state index is 0.246. The first-order valence-electron chi connectivity index (χ1n) is 11.3. The molecule has 4 aromatic rings. The van der Waals surface area contributed by atoms with Gasteiger partial charge in [0.05, 0.1) is 23.7 Å². The molecule has 1 amide bonds. The van der Waals surface area contributed by atoms with Crippen LogP contribution in [0.1, 0.15) is 36.8 Å². The van der Waals surface area contributed by atoms with Gasteiger partial charge in [-0.3, -0.25) is 4.79 Å². The van der Waals surface area contributed by atoms with Crippen molar-refractivity contribution in [2.24, 2.45) is 5.73 Å². The number of nitriles is 1. The molecule has 1 atom stereocenters. The Kier molecular flexibility index (Phi) is 7.03. The third-order valence-corrected chi connectivity index (χ3v) is 5.58. The Bertz CT molecular complexity index is 1370. The van der Waals surface area contributed by atoms with Crippen LogP contribution in [0.25, 0.3) is 10.8 Å². The van der Waals surface area contributed by atoms with Gasteiger partial charge in [0.1, 0.15) is 18.4 Å². The third kappa shape index (κ3) is 5.80. The zero-order valence-electron chi connectivity index (χ0n) is 19.7. The highest BCUT2D eigenvalue weighted by atomic mass is 16.5. The van der Waals surface area contributed by atoms with Crippen LogP contribution in [0, 0.1) is 11.3 Å². The number of hydrogen-bond donors (Lipinski definition) is 2. The average Bonchev–Trinajstić information content (AvgIpc) is 3.31. The molecule has 9 nitrogen and oxygen atoms in total. The van der Waals surface area contributed by atoms with Crippen LogP contribution in [0.5, 0.6) is 5.75 Å². The first-order valence-corrected chi connectivity index (χ1v) is 11.3. The number of nitrogens with zero attached hydrogens (tertiary/aromatic N) is 5. The summed E-state index contributed by atoms with van der Waals surface area (Å²) in [7, 11) is 0. The van der Waals surface area contributed by atoms with E-state index in [2.05, 4.69) is 51.2 Å². The van der Waals surface area contributed by atoms with Crippen molar-refractivity contribution in [2.45, 2.75) is 38.4 Å². The van der Waals surface area contributed by atoms with E-state index in [1.165, 1.54) is 0 Å². The van der Waals surface area contributed by atoms with Crippen molar-refractivity contribution >= 4 is 16.7 Å². The summed E-state index contributed by atoms with van der Waals surface area (Å²) in [5.74, 6) is 0.681. The molecule has 0 fully saturated rings. The second-order valence-electron chi connectivity index (χ2n) is 8.85. The van der Waals surface area contributed by atoms with Gasteiger partial charge in [-0.1, -0.05) is 54.6 Å². The standard InChI is InChI=1S/C26H27N7O2/c1-26(2,28)25(34)29-22(16-18-11-12-19-7-3-4-8-20(19)15-18)24-30-31-32-33(24)13-14-35-23-10-6-5-9-21(23)17-27/h3-12,15,22H,13-14,16,28H2,1-2H3,(H,29,34)/t22-/m1/s1. The van der Waals surface area contributed by atoms with Crippen LogP contribution >= 0.6 is 0 Å². The Morgan fingerprint density at radius 2 is 1.89 bits per heavy atom. The van der Waals surface area contributed by atoms with E-state index in [1.54, 1.807) is 36.7 Å². The molecule has 0 spiro atoms. The van der Waals surface area contributed by atoms with Crippen LogP contribution in [-0.2, 0) is 17.8 Å². The monoisotopic (exact) mass is 469 g/mol. The summed E-state index contributed by atoms with van der Waals surface area (Å²) in [5.41, 5.74) is 6.46. The van der Waals surface area contributed by atoms with Gasteiger partial charge in [0.25, 0.3) is 0 Å². The Morgan fingerprint density at radius 3 is 2.66 bits per heavy atom. The zero-order chi connectivity index (χ0) is 24.8. The van der Waals surface area contributed by atoms with Crippen LogP contribution in [0.2, 0.25) is 0 Å².